The maximum atomic E-state index is 14.1. The van der Waals surface area contributed by atoms with Crippen LogP contribution in [-0.2, 0) is 11.3 Å². The van der Waals surface area contributed by atoms with Crippen LogP contribution in [-0.4, -0.2) is 31.1 Å². The maximum Gasteiger partial charge on any atom is 0.225 e. The van der Waals surface area contributed by atoms with Crippen LogP contribution in [0.25, 0.3) is 0 Å². The lowest BCUT2D eigenvalue weighted by Gasteiger charge is -2.37. The van der Waals surface area contributed by atoms with Crippen molar-refractivity contribution in [3.05, 3.63) is 23.8 Å². The molecule has 2 N–H and O–H groups in total. The van der Waals surface area contributed by atoms with Gasteiger partial charge >= 0.3 is 0 Å². The molecule has 1 aromatic heterocycles. The number of carbonyl (C=O) groups is 1. The van der Waals surface area contributed by atoms with Crippen LogP contribution in [0.15, 0.2) is 12.3 Å². The molecule has 1 saturated heterocycles. The van der Waals surface area contributed by atoms with Crippen molar-refractivity contribution < 1.29 is 13.9 Å². The van der Waals surface area contributed by atoms with E-state index in [9.17, 15) is 9.18 Å². The zero-order valence-corrected chi connectivity index (χ0v) is 13.5. The molecule has 1 aliphatic carbocycles. The van der Waals surface area contributed by atoms with Gasteiger partial charge in [0.1, 0.15) is 0 Å². The van der Waals surface area contributed by atoms with E-state index in [0.717, 1.165) is 19.4 Å². The summed E-state index contributed by atoms with van der Waals surface area (Å²) in [5.41, 5.74) is 0.296. The second-order valence-electron chi connectivity index (χ2n) is 6.60. The Labute approximate surface area is 136 Å². The van der Waals surface area contributed by atoms with E-state index in [0.29, 0.717) is 6.54 Å². The highest BCUT2D eigenvalue weighted by atomic mass is 19.1. The van der Waals surface area contributed by atoms with Gasteiger partial charge in [-0.05, 0) is 18.3 Å². The maximum absolute atomic E-state index is 14.1. The smallest absolute Gasteiger partial charge is 0.225 e. The minimum Gasteiger partial charge on any atom is -0.494 e. The van der Waals surface area contributed by atoms with Gasteiger partial charge in [-0.3, -0.25) is 9.78 Å². The Hall–Kier alpha value is -1.69. The van der Waals surface area contributed by atoms with Gasteiger partial charge in [0.25, 0.3) is 0 Å². The highest BCUT2D eigenvalue weighted by Gasteiger charge is 2.46. The van der Waals surface area contributed by atoms with Crippen molar-refractivity contribution in [2.24, 2.45) is 11.3 Å². The van der Waals surface area contributed by atoms with E-state index in [2.05, 4.69) is 15.6 Å². The second kappa shape index (κ2) is 6.83. The molecule has 2 aliphatic rings. The number of rotatable bonds is 4. The molecule has 0 aromatic carbocycles. The van der Waals surface area contributed by atoms with Crippen LogP contribution in [0.2, 0.25) is 0 Å². The van der Waals surface area contributed by atoms with Crippen LogP contribution in [0.3, 0.4) is 0 Å². The number of hydrogen-bond donors (Lipinski definition) is 2. The summed E-state index contributed by atoms with van der Waals surface area (Å²) in [6, 6.07) is 1.47. The molecule has 0 bridgehead atoms. The molecule has 0 radical (unpaired) electrons. The highest BCUT2D eigenvalue weighted by molar-refractivity contribution is 5.80. The molecule has 3 rings (SSSR count). The summed E-state index contributed by atoms with van der Waals surface area (Å²) in [6.07, 6.45) is 7.33. The van der Waals surface area contributed by atoms with Gasteiger partial charge in [-0.15, -0.1) is 0 Å². The molecule has 2 heterocycles. The van der Waals surface area contributed by atoms with Gasteiger partial charge in [0.05, 0.1) is 25.3 Å². The van der Waals surface area contributed by atoms with Gasteiger partial charge in [0, 0.05) is 25.4 Å². The fourth-order valence-corrected chi connectivity index (χ4v) is 4.00. The predicted molar refractivity (Wildman–Crippen MR) is 84.5 cm³/mol. The Bertz CT molecular complexity index is 573. The second-order valence-corrected chi connectivity index (χ2v) is 6.60. The molecule has 1 aliphatic heterocycles. The fourth-order valence-electron chi connectivity index (χ4n) is 4.00. The van der Waals surface area contributed by atoms with Gasteiger partial charge in [0.15, 0.2) is 11.6 Å². The first-order chi connectivity index (χ1) is 11.2. The van der Waals surface area contributed by atoms with Crippen LogP contribution < -0.4 is 15.4 Å². The van der Waals surface area contributed by atoms with E-state index in [-0.39, 0.29) is 35.2 Å². The van der Waals surface area contributed by atoms with Crippen LogP contribution in [0, 0.1) is 17.2 Å². The third-order valence-corrected chi connectivity index (χ3v) is 5.31. The van der Waals surface area contributed by atoms with Crippen LogP contribution in [0.5, 0.6) is 5.75 Å². The van der Waals surface area contributed by atoms with Crippen molar-refractivity contribution in [3.63, 3.8) is 0 Å². The van der Waals surface area contributed by atoms with Crippen molar-refractivity contribution in [2.45, 2.75) is 38.6 Å². The first kappa shape index (κ1) is 16.2. The first-order valence-corrected chi connectivity index (χ1v) is 8.32. The van der Waals surface area contributed by atoms with Crippen molar-refractivity contribution >= 4 is 5.91 Å². The van der Waals surface area contributed by atoms with Crippen LogP contribution >= 0.6 is 0 Å². The Morgan fingerprint density at radius 2 is 2.26 bits per heavy atom. The van der Waals surface area contributed by atoms with Crippen molar-refractivity contribution in [1.29, 1.82) is 0 Å². The normalized spacial score (nSPS) is 23.0. The number of methoxy groups -OCH3 is 1. The molecule has 1 saturated carbocycles. The third-order valence-electron chi connectivity index (χ3n) is 5.31. The first-order valence-electron chi connectivity index (χ1n) is 8.32. The number of ether oxygens (including phenoxy) is 1. The van der Waals surface area contributed by atoms with E-state index < -0.39 is 5.82 Å². The van der Waals surface area contributed by atoms with Crippen LogP contribution in [0.1, 0.15) is 37.8 Å². The monoisotopic (exact) mass is 321 g/mol. The SMILES string of the molecule is COc1ccnc(CNC(=O)C2CNCC23CCCCC3)c1F. The van der Waals surface area contributed by atoms with Gasteiger partial charge in [-0.1, -0.05) is 19.3 Å². The number of halogens is 1. The zero-order chi connectivity index (χ0) is 16.3. The fraction of sp³-hybridized carbons (Fsp3) is 0.647. The summed E-state index contributed by atoms with van der Waals surface area (Å²) < 4.78 is 19.0. The van der Waals surface area contributed by atoms with E-state index in [1.54, 1.807) is 0 Å². The summed E-state index contributed by atoms with van der Waals surface area (Å²) >= 11 is 0. The molecule has 1 spiro atoms. The molecular weight excluding hydrogens is 297 g/mol. The van der Waals surface area contributed by atoms with Gasteiger partial charge in [-0.25, -0.2) is 4.39 Å². The number of pyridine rings is 1. The van der Waals surface area contributed by atoms with Crippen molar-refractivity contribution in [2.75, 3.05) is 20.2 Å². The minimum atomic E-state index is -0.507. The average molecular weight is 321 g/mol. The number of amides is 1. The summed E-state index contributed by atoms with van der Waals surface area (Å²) in [5, 5.41) is 6.24. The molecule has 1 atom stereocenters. The molecule has 5 nitrogen and oxygen atoms in total. The number of carbonyl (C=O) groups excluding carboxylic acids is 1. The number of hydrogen-bond acceptors (Lipinski definition) is 4. The molecule has 23 heavy (non-hydrogen) atoms. The van der Waals surface area contributed by atoms with Gasteiger partial charge in [0.2, 0.25) is 5.91 Å². The molecule has 126 valence electrons. The van der Waals surface area contributed by atoms with E-state index >= 15 is 0 Å². The molecule has 2 fully saturated rings. The highest BCUT2D eigenvalue weighted by Crippen LogP contribution is 2.44. The number of nitrogens with zero attached hydrogens (tertiary/aromatic N) is 1. The zero-order valence-electron chi connectivity index (χ0n) is 13.5. The molecule has 1 amide bonds. The summed E-state index contributed by atoms with van der Waals surface area (Å²) in [6.45, 7) is 1.71. The quantitative estimate of drug-likeness (QED) is 0.890. The van der Waals surface area contributed by atoms with Crippen LogP contribution in [0.4, 0.5) is 4.39 Å². The lowest BCUT2D eigenvalue weighted by Crippen LogP contribution is -2.42. The minimum absolute atomic E-state index is 0.000852. The van der Waals surface area contributed by atoms with E-state index in [1.807, 2.05) is 0 Å². The molecule has 6 heteroatoms. The molecule has 1 aromatic rings. The van der Waals surface area contributed by atoms with Crippen molar-refractivity contribution in [1.82, 2.24) is 15.6 Å². The van der Waals surface area contributed by atoms with Gasteiger partial charge in [-0.2, -0.15) is 0 Å². The molecule has 1 unspecified atom stereocenters. The van der Waals surface area contributed by atoms with Gasteiger partial charge < -0.3 is 15.4 Å². The standard InChI is InChI=1S/C17H24FN3O2/c1-23-14-5-8-20-13(15(14)18)10-21-16(22)12-9-19-11-17(12)6-3-2-4-7-17/h5,8,12,19H,2-4,6-7,9-11H2,1H3,(H,21,22). The summed E-state index contributed by atoms with van der Waals surface area (Å²) in [4.78, 5) is 16.6. The lowest BCUT2D eigenvalue weighted by atomic mass is 9.67. The number of nitrogens with one attached hydrogen (secondary N) is 2. The van der Waals surface area contributed by atoms with Crippen molar-refractivity contribution in [3.8, 4) is 5.75 Å². The Morgan fingerprint density at radius 3 is 3.00 bits per heavy atom. The Kier molecular flexibility index (Phi) is 4.80. The summed E-state index contributed by atoms with van der Waals surface area (Å²) in [7, 11) is 1.41. The third kappa shape index (κ3) is 3.17. The predicted octanol–water partition coefficient (Wildman–Crippen LogP) is 2.02. The van der Waals surface area contributed by atoms with E-state index in [4.69, 9.17) is 4.74 Å². The number of aromatic nitrogens is 1. The van der Waals surface area contributed by atoms with E-state index in [1.165, 1.54) is 38.6 Å². The lowest BCUT2D eigenvalue weighted by molar-refractivity contribution is -0.128. The largest absolute Gasteiger partial charge is 0.494 e. The topological polar surface area (TPSA) is 63.2 Å². The Balaban J connectivity index is 1.65. The Morgan fingerprint density at radius 1 is 1.48 bits per heavy atom. The summed E-state index contributed by atoms with van der Waals surface area (Å²) in [5.74, 6) is -0.389. The molecular formula is C17H24FN3O2. The average Bonchev–Trinajstić information content (AvgIpc) is 2.97.